The molecule has 0 fully saturated rings. The first-order valence-electron chi connectivity index (χ1n) is 10.9. The Kier molecular flexibility index (Phi) is 7.90. The van der Waals surface area contributed by atoms with Gasteiger partial charge in [-0.05, 0) is 37.1 Å². The Bertz CT molecular complexity index is 974. The molecule has 10 heteroatoms. The number of rotatable bonds is 12. The van der Waals surface area contributed by atoms with E-state index < -0.39 is 31.6 Å². The zero-order valence-electron chi connectivity index (χ0n) is 19.4. The third kappa shape index (κ3) is 7.70. The molecule has 1 N–H and O–H groups in total. The molecule has 31 heavy (non-hydrogen) atoms. The molecule has 0 spiro atoms. The highest BCUT2D eigenvalue weighted by Crippen LogP contribution is 2.45. The van der Waals surface area contributed by atoms with Gasteiger partial charge in [-0.15, -0.1) is 0 Å². The first kappa shape index (κ1) is 21.3. The molecule has 9 nitrogen and oxygen atoms in total. The van der Waals surface area contributed by atoms with Crippen molar-refractivity contribution in [1.82, 2.24) is 5.09 Å². The maximum Gasteiger partial charge on any atom is 0.513 e. The molecule has 1 unspecified atom stereocenters. The van der Waals surface area contributed by atoms with E-state index in [9.17, 15) is 19.5 Å². The van der Waals surface area contributed by atoms with Gasteiger partial charge in [0.2, 0.25) is 0 Å². The van der Waals surface area contributed by atoms with Crippen molar-refractivity contribution in [3.8, 4) is 11.5 Å². The second-order valence-corrected chi connectivity index (χ2v) is 8.20. The number of para-hydroxylation sites is 1. The second kappa shape index (κ2) is 11.5. The Morgan fingerprint density at radius 2 is 1.71 bits per heavy atom. The number of carbonyl (C=O) groups excluding carboxylic acids is 1. The first-order chi connectivity index (χ1) is 15.6. The molecule has 0 radical (unpaired) electrons. The number of esters is 1. The van der Waals surface area contributed by atoms with Crippen LogP contribution in [0.25, 0.3) is 0 Å². The predicted molar refractivity (Wildman–Crippen MR) is 116 cm³/mol. The number of hydrogen-bond acceptors (Lipinski definition) is 7. The Morgan fingerprint density at radius 3 is 2.23 bits per heavy atom. The van der Waals surface area contributed by atoms with Gasteiger partial charge in [-0.2, -0.15) is 5.09 Å². The van der Waals surface area contributed by atoms with Gasteiger partial charge in [0.05, 0.1) is 12.9 Å². The van der Waals surface area contributed by atoms with Crippen LogP contribution in [-0.2, 0) is 14.1 Å². The van der Waals surface area contributed by atoms with Gasteiger partial charge in [-0.25, -0.2) is 4.57 Å². The van der Waals surface area contributed by atoms with E-state index in [1.54, 1.807) is 18.2 Å². The Labute approximate surface area is 184 Å². The zero-order valence-corrected chi connectivity index (χ0v) is 18.2. The van der Waals surface area contributed by atoms with Crippen molar-refractivity contribution in [2.75, 3.05) is 6.61 Å². The molecule has 0 aliphatic carbocycles. The number of hydrogen-bond donors (Lipinski definition) is 1. The summed E-state index contributed by atoms with van der Waals surface area (Å²) in [4.78, 5) is 22.9. The molecule has 2 atom stereocenters. The van der Waals surface area contributed by atoms with E-state index >= 15 is 0 Å². The van der Waals surface area contributed by atoms with Crippen molar-refractivity contribution in [2.45, 2.75) is 39.6 Å². The van der Waals surface area contributed by atoms with Crippen molar-refractivity contribution in [2.24, 2.45) is 5.92 Å². The van der Waals surface area contributed by atoms with Crippen LogP contribution in [0.3, 0.4) is 0 Å². The highest BCUT2D eigenvalue weighted by Gasteiger charge is 2.34. The van der Waals surface area contributed by atoms with Crippen LogP contribution in [0.2, 0.25) is 0 Å². The van der Waals surface area contributed by atoms with Crippen molar-refractivity contribution in [3.05, 3.63) is 64.7 Å². The van der Waals surface area contributed by atoms with Crippen LogP contribution in [0.1, 0.15) is 36.3 Å². The number of nitro groups is 1. The van der Waals surface area contributed by atoms with Gasteiger partial charge in [0.1, 0.15) is 17.5 Å². The molecule has 0 amide bonds. The van der Waals surface area contributed by atoms with Crippen LogP contribution in [0.5, 0.6) is 11.5 Å². The van der Waals surface area contributed by atoms with Crippen LogP contribution in [0, 0.1) is 16.0 Å². The third-order valence-corrected chi connectivity index (χ3v) is 5.81. The lowest BCUT2D eigenvalue weighted by Crippen LogP contribution is -2.36. The number of non-ortho nitro benzene ring substituents is 1. The van der Waals surface area contributed by atoms with E-state index in [0.717, 1.165) is 25.0 Å². The molecule has 0 bridgehead atoms. The maximum absolute atomic E-state index is 13.6. The lowest BCUT2D eigenvalue weighted by atomic mass is 10.1. The minimum Gasteiger partial charge on any atom is -0.464 e. The van der Waals surface area contributed by atoms with E-state index in [1.165, 1.54) is 24.3 Å². The summed E-state index contributed by atoms with van der Waals surface area (Å²) in [5, 5.41) is 13.1. The average Bonchev–Trinajstić information content (AvgIpc) is 2.80. The van der Waals surface area contributed by atoms with E-state index in [4.69, 9.17) is 16.5 Å². The molecule has 0 saturated carbocycles. The van der Waals surface area contributed by atoms with Gasteiger partial charge in [-0.3, -0.25) is 14.9 Å². The Hall–Kier alpha value is -2.90. The number of nitrogens with zero attached hydrogens (tertiary/aromatic N) is 1. The topological polar surface area (TPSA) is 117 Å². The second-order valence-electron chi connectivity index (χ2n) is 6.62. The molecule has 168 valence electrons. The molecule has 0 heterocycles. The van der Waals surface area contributed by atoms with Crippen LogP contribution in [0.4, 0.5) is 5.69 Å². The fraction of sp³-hybridized carbons (Fsp3) is 0.381. The molecule has 0 aliphatic rings. The number of benzene rings is 2. The fourth-order valence-corrected chi connectivity index (χ4v) is 3.82. The maximum atomic E-state index is 13.6. The molecular formula is C21H27N2O7P. The van der Waals surface area contributed by atoms with E-state index in [1.807, 2.05) is 13.8 Å². The summed E-state index contributed by atoms with van der Waals surface area (Å²) < 4.78 is 45.9. The normalized spacial score (nSPS) is 15.7. The Morgan fingerprint density at radius 1 is 1.13 bits per heavy atom. The number of ether oxygens (including phenoxy) is 1. The monoisotopic (exact) mass is 452 g/mol. The number of nitrogens with one attached hydrogen (secondary N) is 1. The van der Waals surface area contributed by atoms with Gasteiger partial charge in [0, 0.05) is 13.5 Å². The first-order valence-corrected chi connectivity index (χ1v) is 11.2. The van der Waals surface area contributed by atoms with Crippen LogP contribution in [0.15, 0.2) is 54.6 Å². The molecular weight excluding hydrogens is 423 g/mol. The van der Waals surface area contributed by atoms with Crippen molar-refractivity contribution in [3.63, 3.8) is 0 Å². The summed E-state index contributed by atoms with van der Waals surface area (Å²) in [7, 11) is -4.48. The summed E-state index contributed by atoms with van der Waals surface area (Å²) in [6.07, 6.45) is 1.53. The summed E-state index contributed by atoms with van der Waals surface area (Å²) >= 11 is 0. The SMILES string of the molecule is [2H]C[C@]([2H])(NP(=O)(Oc1ccccc1)Oc1ccc([N+](=O)[O-])cc1)C(=O)OCC(CC)CC. The van der Waals surface area contributed by atoms with Crippen LogP contribution in [-0.4, -0.2) is 23.5 Å². The highest BCUT2D eigenvalue weighted by atomic mass is 31.2. The molecule has 2 aromatic rings. The lowest BCUT2D eigenvalue weighted by molar-refractivity contribution is -0.384. The van der Waals surface area contributed by atoms with Crippen molar-refractivity contribution < 1.29 is 30.8 Å². The lowest BCUT2D eigenvalue weighted by Gasteiger charge is -2.23. The average molecular weight is 452 g/mol. The van der Waals surface area contributed by atoms with Crippen LogP contribution >= 0.6 is 7.75 Å². The highest BCUT2D eigenvalue weighted by molar-refractivity contribution is 7.52. The zero-order chi connectivity index (χ0) is 24.5. The number of nitro benzene ring substituents is 1. The predicted octanol–water partition coefficient (Wildman–Crippen LogP) is 5.12. The molecule has 0 saturated heterocycles. The summed E-state index contributed by atoms with van der Waals surface area (Å²) in [6.45, 7) is 3.11. The van der Waals surface area contributed by atoms with E-state index in [0.29, 0.717) is 0 Å². The van der Waals surface area contributed by atoms with Gasteiger partial charge >= 0.3 is 13.7 Å². The molecule has 2 rings (SSSR count). The molecule has 0 aliphatic heterocycles. The summed E-state index contributed by atoms with van der Waals surface area (Å²) in [6, 6.07) is 10.2. The van der Waals surface area contributed by atoms with Crippen LogP contribution < -0.4 is 14.1 Å². The molecule has 0 aromatic heterocycles. The van der Waals surface area contributed by atoms with E-state index in [-0.39, 0.29) is 29.7 Å². The Balaban J connectivity index is 2.30. The summed E-state index contributed by atoms with van der Waals surface area (Å²) in [5.41, 5.74) is -0.208. The fourth-order valence-electron chi connectivity index (χ4n) is 2.47. The molecule has 2 aromatic carbocycles. The van der Waals surface area contributed by atoms with Gasteiger partial charge in [0.25, 0.3) is 5.69 Å². The quantitative estimate of drug-likeness (QED) is 0.204. The van der Waals surface area contributed by atoms with Gasteiger partial charge in [-0.1, -0.05) is 44.9 Å². The van der Waals surface area contributed by atoms with Gasteiger partial charge in [0.15, 0.2) is 0 Å². The largest absolute Gasteiger partial charge is 0.513 e. The minimum atomic E-state index is -4.48. The van der Waals surface area contributed by atoms with Crippen molar-refractivity contribution in [1.29, 1.82) is 0 Å². The third-order valence-electron chi connectivity index (χ3n) is 4.37. The minimum absolute atomic E-state index is 0.0567. The van der Waals surface area contributed by atoms with Gasteiger partial charge < -0.3 is 13.8 Å². The van der Waals surface area contributed by atoms with Crippen molar-refractivity contribution >= 4 is 19.4 Å². The van der Waals surface area contributed by atoms with E-state index in [2.05, 4.69) is 5.09 Å². The number of carbonyl (C=O) groups is 1. The smallest absolute Gasteiger partial charge is 0.464 e. The standard InChI is InChI=1S/C21H27N2O7P/c1-4-17(5-2)15-28-21(24)16(3)22-31(27,29-19-9-7-6-8-10-19)30-20-13-11-18(12-14-20)23(25)26/h6-14,16-17H,4-5,15H2,1-3H3,(H,22,27)/t16-,31?/m0/s1/i3D,16D. The summed E-state index contributed by atoms with van der Waals surface area (Å²) in [5.74, 6) is -0.945.